The average molecular weight is 239 g/mol. The van der Waals surface area contributed by atoms with Crippen LogP contribution in [0.1, 0.15) is 19.3 Å². The normalized spacial score (nSPS) is 29.2. The lowest BCUT2D eigenvalue weighted by Gasteiger charge is -2.24. The van der Waals surface area contributed by atoms with Crippen LogP contribution >= 0.6 is 11.6 Å². The minimum atomic E-state index is 0.323. The first-order valence-corrected chi connectivity index (χ1v) is 6.13. The molecule has 1 spiro atoms. The van der Waals surface area contributed by atoms with Crippen molar-refractivity contribution in [3.63, 3.8) is 0 Å². The molecular formula is C11H15ClN4. The predicted octanol–water partition coefficient (Wildman–Crippen LogP) is 1.46. The molecule has 3 heterocycles. The first kappa shape index (κ1) is 10.3. The number of nitrogens with one attached hydrogen (secondary N) is 1. The zero-order chi connectivity index (χ0) is 11.0. The minimum Gasteiger partial charge on any atom is -0.353 e. The Morgan fingerprint density at radius 2 is 2.31 bits per heavy atom. The lowest BCUT2D eigenvalue weighted by Crippen LogP contribution is -2.42. The van der Waals surface area contributed by atoms with Gasteiger partial charge in [-0.2, -0.15) is 0 Å². The van der Waals surface area contributed by atoms with Gasteiger partial charge in [-0.05, 0) is 25.8 Å². The fraction of sp³-hybridized carbons (Fsp3) is 0.636. The van der Waals surface area contributed by atoms with Crippen molar-refractivity contribution in [2.75, 3.05) is 24.5 Å². The lowest BCUT2D eigenvalue weighted by atomic mass is 9.97. The molecule has 2 aliphatic heterocycles. The lowest BCUT2D eigenvalue weighted by molar-refractivity contribution is 0.418. The van der Waals surface area contributed by atoms with Crippen molar-refractivity contribution < 1.29 is 0 Å². The topological polar surface area (TPSA) is 41.1 Å². The van der Waals surface area contributed by atoms with Crippen molar-refractivity contribution in [3.8, 4) is 0 Å². The second kappa shape index (κ2) is 3.86. The summed E-state index contributed by atoms with van der Waals surface area (Å²) in [5, 5.41) is 4.09. The van der Waals surface area contributed by atoms with E-state index >= 15 is 0 Å². The second-order valence-electron chi connectivity index (χ2n) is 4.68. The van der Waals surface area contributed by atoms with Crippen LogP contribution in [0.3, 0.4) is 0 Å². The van der Waals surface area contributed by atoms with E-state index in [9.17, 15) is 0 Å². The van der Waals surface area contributed by atoms with Crippen LogP contribution in [0.5, 0.6) is 0 Å². The molecular weight excluding hydrogens is 224 g/mol. The molecule has 0 aromatic carbocycles. The van der Waals surface area contributed by atoms with Crippen molar-refractivity contribution in [1.29, 1.82) is 0 Å². The van der Waals surface area contributed by atoms with Crippen LogP contribution in [0, 0.1) is 0 Å². The molecule has 3 rings (SSSR count). The molecule has 86 valence electrons. The molecule has 1 aromatic rings. The van der Waals surface area contributed by atoms with Gasteiger partial charge >= 0.3 is 0 Å². The van der Waals surface area contributed by atoms with E-state index in [1.165, 1.54) is 19.3 Å². The number of halogens is 1. The van der Waals surface area contributed by atoms with Crippen molar-refractivity contribution in [1.82, 2.24) is 15.3 Å². The summed E-state index contributed by atoms with van der Waals surface area (Å²) in [5.41, 5.74) is 0.323. The highest BCUT2D eigenvalue weighted by atomic mass is 35.5. The summed E-state index contributed by atoms with van der Waals surface area (Å²) >= 11 is 5.86. The van der Waals surface area contributed by atoms with Gasteiger partial charge in [0.25, 0.3) is 0 Å². The van der Waals surface area contributed by atoms with E-state index in [0.29, 0.717) is 10.7 Å². The molecule has 0 aliphatic carbocycles. The van der Waals surface area contributed by atoms with Crippen LogP contribution in [0.2, 0.25) is 5.15 Å². The molecule has 1 unspecified atom stereocenters. The maximum Gasteiger partial charge on any atom is 0.149 e. The maximum absolute atomic E-state index is 5.86. The van der Waals surface area contributed by atoms with E-state index in [0.717, 1.165) is 25.5 Å². The summed E-state index contributed by atoms with van der Waals surface area (Å²) < 4.78 is 0. The Balaban J connectivity index is 1.78. The molecule has 1 N–H and O–H groups in total. The van der Waals surface area contributed by atoms with Crippen LogP contribution in [0.4, 0.5) is 5.82 Å². The van der Waals surface area contributed by atoms with Gasteiger partial charge in [-0.3, -0.25) is 4.98 Å². The monoisotopic (exact) mass is 238 g/mol. The van der Waals surface area contributed by atoms with Crippen LogP contribution in [0.25, 0.3) is 0 Å². The Morgan fingerprint density at radius 1 is 1.38 bits per heavy atom. The Morgan fingerprint density at radius 3 is 3.06 bits per heavy atom. The summed E-state index contributed by atoms with van der Waals surface area (Å²) in [4.78, 5) is 10.7. The first-order chi connectivity index (χ1) is 7.77. The van der Waals surface area contributed by atoms with E-state index < -0.39 is 0 Å². The zero-order valence-electron chi connectivity index (χ0n) is 9.12. The van der Waals surface area contributed by atoms with Gasteiger partial charge in [0.05, 0.1) is 12.4 Å². The van der Waals surface area contributed by atoms with Crippen LogP contribution in [0.15, 0.2) is 12.4 Å². The summed E-state index contributed by atoms with van der Waals surface area (Å²) in [6.45, 7) is 3.22. The smallest absolute Gasteiger partial charge is 0.149 e. The number of hydrogen-bond donors (Lipinski definition) is 1. The molecule has 1 aromatic heterocycles. The Labute approximate surface area is 100 Å². The minimum absolute atomic E-state index is 0.323. The largest absolute Gasteiger partial charge is 0.353 e. The highest BCUT2D eigenvalue weighted by Gasteiger charge is 2.40. The van der Waals surface area contributed by atoms with Gasteiger partial charge in [0.15, 0.2) is 0 Å². The quantitative estimate of drug-likeness (QED) is 0.805. The molecule has 5 heteroatoms. The van der Waals surface area contributed by atoms with Crippen molar-refractivity contribution in [3.05, 3.63) is 17.5 Å². The number of rotatable bonds is 1. The van der Waals surface area contributed by atoms with E-state index in [-0.39, 0.29) is 0 Å². The first-order valence-electron chi connectivity index (χ1n) is 5.75. The maximum atomic E-state index is 5.86. The molecule has 0 saturated carbocycles. The zero-order valence-corrected chi connectivity index (χ0v) is 9.87. The molecule has 2 aliphatic rings. The van der Waals surface area contributed by atoms with Gasteiger partial charge in [-0.1, -0.05) is 11.6 Å². The van der Waals surface area contributed by atoms with Crippen molar-refractivity contribution >= 4 is 17.4 Å². The van der Waals surface area contributed by atoms with Gasteiger partial charge in [0.2, 0.25) is 0 Å². The fourth-order valence-corrected chi connectivity index (χ4v) is 2.91. The Kier molecular flexibility index (Phi) is 2.48. The van der Waals surface area contributed by atoms with Gasteiger partial charge in [-0.15, -0.1) is 0 Å². The van der Waals surface area contributed by atoms with Crippen LogP contribution in [-0.4, -0.2) is 35.1 Å². The Hall–Kier alpha value is -0.870. The van der Waals surface area contributed by atoms with E-state index in [1.807, 2.05) is 0 Å². The number of aromatic nitrogens is 2. The van der Waals surface area contributed by atoms with E-state index in [2.05, 4.69) is 20.2 Å². The molecule has 1 atom stereocenters. The third kappa shape index (κ3) is 1.76. The van der Waals surface area contributed by atoms with E-state index in [1.54, 1.807) is 12.4 Å². The molecule has 16 heavy (non-hydrogen) atoms. The summed E-state index contributed by atoms with van der Waals surface area (Å²) in [7, 11) is 0. The Bertz CT molecular complexity index is 389. The van der Waals surface area contributed by atoms with Crippen LogP contribution < -0.4 is 10.2 Å². The average Bonchev–Trinajstić information content (AvgIpc) is 2.90. The molecule has 0 bridgehead atoms. The molecule has 2 saturated heterocycles. The van der Waals surface area contributed by atoms with E-state index in [4.69, 9.17) is 11.6 Å². The molecule has 0 radical (unpaired) electrons. The third-order valence-electron chi connectivity index (χ3n) is 3.60. The fourth-order valence-electron chi connectivity index (χ4n) is 2.77. The second-order valence-corrected chi connectivity index (χ2v) is 5.07. The highest BCUT2D eigenvalue weighted by Crippen LogP contribution is 2.32. The summed E-state index contributed by atoms with van der Waals surface area (Å²) in [6, 6.07) is 0. The standard InChI is InChI=1S/C11H15ClN4/c12-9-6-13-7-10(15-9)16-5-3-11(8-16)2-1-4-14-11/h6-7,14H,1-5,8H2. The van der Waals surface area contributed by atoms with Gasteiger partial charge < -0.3 is 10.2 Å². The molecule has 4 nitrogen and oxygen atoms in total. The number of hydrogen-bond acceptors (Lipinski definition) is 4. The van der Waals surface area contributed by atoms with Gasteiger partial charge in [0.1, 0.15) is 11.0 Å². The van der Waals surface area contributed by atoms with Gasteiger partial charge in [-0.25, -0.2) is 4.98 Å². The molecule has 2 fully saturated rings. The number of anilines is 1. The third-order valence-corrected chi connectivity index (χ3v) is 3.78. The molecule has 0 amide bonds. The number of nitrogens with zero attached hydrogens (tertiary/aromatic N) is 3. The highest BCUT2D eigenvalue weighted by molar-refractivity contribution is 6.29. The summed E-state index contributed by atoms with van der Waals surface area (Å²) in [6.07, 6.45) is 7.12. The van der Waals surface area contributed by atoms with Crippen molar-refractivity contribution in [2.24, 2.45) is 0 Å². The van der Waals surface area contributed by atoms with Gasteiger partial charge in [0, 0.05) is 18.6 Å². The van der Waals surface area contributed by atoms with Crippen molar-refractivity contribution in [2.45, 2.75) is 24.8 Å². The SMILES string of the molecule is Clc1cncc(N2CCC3(CCCN3)C2)n1. The summed E-state index contributed by atoms with van der Waals surface area (Å²) in [5.74, 6) is 0.901. The van der Waals surface area contributed by atoms with Crippen LogP contribution in [-0.2, 0) is 0 Å². The predicted molar refractivity (Wildman–Crippen MR) is 63.8 cm³/mol.